The van der Waals surface area contributed by atoms with Crippen molar-refractivity contribution in [3.8, 4) is 0 Å². The fourth-order valence-corrected chi connectivity index (χ4v) is 1.54. The Balaban J connectivity index is 2.33. The van der Waals surface area contributed by atoms with Crippen LogP contribution in [0, 0.1) is 0 Å². The molecule has 0 radical (unpaired) electrons. The zero-order valence-electron chi connectivity index (χ0n) is 8.36. The van der Waals surface area contributed by atoms with Gasteiger partial charge in [-0.2, -0.15) is 0 Å². The lowest BCUT2D eigenvalue weighted by atomic mass is 10.2. The lowest BCUT2D eigenvalue weighted by molar-refractivity contribution is 0.112. The number of benzene rings is 1. The van der Waals surface area contributed by atoms with E-state index in [0.717, 1.165) is 36.0 Å². The molecule has 1 heterocycles. The summed E-state index contributed by atoms with van der Waals surface area (Å²) >= 11 is 0. The molecule has 0 unspecified atom stereocenters. The number of aromatic amines is 1. The van der Waals surface area contributed by atoms with Gasteiger partial charge in [-0.25, -0.2) is 4.98 Å². The van der Waals surface area contributed by atoms with Crippen molar-refractivity contribution >= 4 is 17.3 Å². The van der Waals surface area contributed by atoms with Gasteiger partial charge in [-0.3, -0.25) is 4.79 Å². The van der Waals surface area contributed by atoms with E-state index >= 15 is 0 Å². The normalized spacial score (nSPS) is 10.7. The molecule has 0 aliphatic rings. The van der Waals surface area contributed by atoms with E-state index in [1.165, 1.54) is 0 Å². The van der Waals surface area contributed by atoms with Crippen LogP contribution in [-0.4, -0.2) is 22.8 Å². The van der Waals surface area contributed by atoms with Crippen LogP contribution in [0.25, 0.3) is 11.0 Å². The van der Waals surface area contributed by atoms with E-state index in [2.05, 4.69) is 9.97 Å². The Morgan fingerprint density at radius 1 is 1.47 bits per heavy atom. The van der Waals surface area contributed by atoms with Crippen LogP contribution in [0.5, 0.6) is 0 Å². The second kappa shape index (κ2) is 4.23. The van der Waals surface area contributed by atoms with E-state index < -0.39 is 0 Å². The fourth-order valence-electron chi connectivity index (χ4n) is 1.54. The number of rotatable bonds is 4. The number of aromatic nitrogens is 2. The van der Waals surface area contributed by atoms with E-state index in [0.29, 0.717) is 12.1 Å². The van der Waals surface area contributed by atoms with Gasteiger partial charge in [-0.15, -0.1) is 0 Å². The first-order chi connectivity index (χ1) is 7.33. The van der Waals surface area contributed by atoms with Crippen LogP contribution in [0.4, 0.5) is 0 Å². The first-order valence-electron chi connectivity index (χ1n) is 4.97. The Labute approximate surface area is 87.5 Å². The number of aryl methyl sites for hydroxylation is 1. The first-order valence-corrected chi connectivity index (χ1v) is 4.97. The standard InChI is InChI=1S/C11H13N3O/c12-5-1-2-11-13-9-4-3-8(7-15)6-10(9)14-11/h3-4,6-7H,1-2,5,12H2,(H,13,14). The predicted octanol–water partition coefficient (Wildman–Crippen LogP) is 1.27. The summed E-state index contributed by atoms with van der Waals surface area (Å²) in [6, 6.07) is 5.42. The molecule has 4 nitrogen and oxygen atoms in total. The zero-order valence-corrected chi connectivity index (χ0v) is 8.36. The second-order valence-corrected chi connectivity index (χ2v) is 3.47. The number of hydrogen-bond donors (Lipinski definition) is 2. The highest BCUT2D eigenvalue weighted by molar-refractivity contribution is 5.84. The number of fused-ring (bicyclic) bond motifs is 1. The van der Waals surface area contributed by atoms with Gasteiger partial charge < -0.3 is 10.7 Å². The summed E-state index contributed by atoms with van der Waals surface area (Å²) < 4.78 is 0. The summed E-state index contributed by atoms with van der Waals surface area (Å²) in [4.78, 5) is 18.2. The summed E-state index contributed by atoms with van der Waals surface area (Å²) in [6.45, 7) is 0.663. The molecule has 0 spiro atoms. The van der Waals surface area contributed by atoms with Crippen molar-refractivity contribution in [1.82, 2.24) is 9.97 Å². The van der Waals surface area contributed by atoms with E-state index in [1.807, 2.05) is 6.07 Å². The lowest BCUT2D eigenvalue weighted by Crippen LogP contribution is -2.01. The molecule has 0 bridgehead atoms. The number of imidazole rings is 1. The van der Waals surface area contributed by atoms with Gasteiger partial charge in [-0.1, -0.05) is 0 Å². The quantitative estimate of drug-likeness (QED) is 0.735. The summed E-state index contributed by atoms with van der Waals surface area (Å²) in [7, 11) is 0. The van der Waals surface area contributed by atoms with Crippen LogP contribution in [0.15, 0.2) is 18.2 Å². The van der Waals surface area contributed by atoms with Crippen LogP contribution in [0.2, 0.25) is 0 Å². The summed E-state index contributed by atoms with van der Waals surface area (Å²) in [5.41, 5.74) is 7.90. The Morgan fingerprint density at radius 2 is 2.33 bits per heavy atom. The molecule has 2 rings (SSSR count). The molecule has 0 saturated heterocycles. The van der Waals surface area contributed by atoms with Gasteiger partial charge in [0.25, 0.3) is 0 Å². The highest BCUT2D eigenvalue weighted by atomic mass is 16.1. The fraction of sp³-hybridized carbons (Fsp3) is 0.273. The van der Waals surface area contributed by atoms with Crippen molar-refractivity contribution in [3.63, 3.8) is 0 Å². The number of nitrogens with zero attached hydrogens (tertiary/aromatic N) is 1. The van der Waals surface area contributed by atoms with Gasteiger partial charge in [0.05, 0.1) is 11.0 Å². The van der Waals surface area contributed by atoms with Gasteiger partial charge in [-0.05, 0) is 31.2 Å². The maximum Gasteiger partial charge on any atom is 0.150 e. The van der Waals surface area contributed by atoms with Gasteiger partial charge in [0.15, 0.2) is 0 Å². The topological polar surface area (TPSA) is 71.8 Å². The maximum atomic E-state index is 10.6. The molecule has 0 fully saturated rings. The maximum absolute atomic E-state index is 10.6. The molecule has 0 saturated carbocycles. The summed E-state index contributed by atoms with van der Waals surface area (Å²) in [5, 5.41) is 0. The van der Waals surface area contributed by atoms with E-state index in [1.54, 1.807) is 12.1 Å². The Bertz CT molecular complexity index is 476. The SMILES string of the molecule is NCCCc1nc2ccc(C=O)cc2[nH]1. The lowest BCUT2D eigenvalue weighted by Gasteiger charge is -1.91. The van der Waals surface area contributed by atoms with Gasteiger partial charge in [0.1, 0.15) is 12.1 Å². The van der Waals surface area contributed by atoms with Crippen molar-refractivity contribution in [2.24, 2.45) is 5.73 Å². The van der Waals surface area contributed by atoms with Crippen LogP contribution in [0.1, 0.15) is 22.6 Å². The van der Waals surface area contributed by atoms with Crippen molar-refractivity contribution < 1.29 is 4.79 Å². The van der Waals surface area contributed by atoms with Crippen LogP contribution >= 0.6 is 0 Å². The van der Waals surface area contributed by atoms with Crippen molar-refractivity contribution in [2.75, 3.05) is 6.54 Å². The predicted molar refractivity (Wildman–Crippen MR) is 58.9 cm³/mol. The van der Waals surface area contributed by atoms with Gasteiger partial charge >= 0.3 is 0 Å². The monoisotopic (exact) mass is 203 g/mol. The summed E-state index contributed by atoms with van der Waals surface area (Å²) in [6.07, 6.45) is 2.60. The van der Waals surface area contributed by atoms with Gasteiger partial charge in [0.2, 0.25) is 0 Å². The molecule has 1 aromatic carbocycles. The largest absolute Gasteiger partial charge is 0.342 e. The number of carbonyl (C=O) groups is 1. The van der Waals surface area contributed by atoms with Crippen LogP contribution in [-0.2, 0) is 6.42 Å². The molecule has 3 N–H and O–H groups in total. The Morgan fingerprint density at radius 3 is 3.07 bits per heavy atom. The third-order valence-corrected chi connectivity index (χ3v) is 2.31. The number of hydrogen-bond acceptors (Lipinski definition) is 3. The number of H-pyrrole nitrogens is 1. The molecule has 15 heavy (non-hydrogen) atoms. The van der Waals surface area contributed by atoms with Crippen molar-refractivity contribution in [1.29, 1.82) is 0 Å². The molecule has 2 aromatic rings. The van der Waals surface area contributed by atoms with E-state index in [-0.39, 0.29) is 0 Å². The second-order valence-electron chi connectivity index (χ2n) is 3.47. The molecule has 0 aliphatic carbocycles. The third kappa shape index (κ3) is 2.05. The number of carbonyl (C=O) groups excluding carboxylic acids is 1. The minimum Gasteiger partial charge on any atom is -0.342 e. The first kappa shape index (κ1) is 9.86. The molecule has 4 heteroatoms. The molecular formula is C11H13N3O. The molecule has 0 aliphatic heterocycles. The van der Waals surface area contributed by atoms with Crippen molar-refractivity contribution in [3.05, 3.63) is 29.6 Å². The number of nitrogens with one attached hydrogen (secondary N) is 1. The van der Waals surface area contributed by atoms with Gasteiger partial charge in [0, 0.05) is 12.0 Å². The zero-order chi connectivity index (χ0) is 10.7. The highest BCUT2D eigenvalue weighted by Crippen LogP contribution is 2.13. The smallest absolute Gasteiger partial charge is 0.150 e. The average Bonchev–Trinajstić information content (AvgIpc) is 2.67. The summed E-state index contributed by atoms with van der Waals surface area (Å²) in [5.74, 6) is 0.929. The minimum atomic E-state index is 0.663. The number of aldehydes is 1. The van der Waals surface area contributed by atoms with Crippen LogP contribution in [0.3, 0.4) is 0 Å². The third-order valence-electron chi connectivity index (χ3n) is 2.31. The van der Waals surface area contributed by atoms with E-state index in [9.17, 15) is 4.79 Å². The minimum absolute atomic E-state index is 0.663. The Hall–Kier alpha value is -1.68. The molecule has 1 aromatic heterocycles. The van der Waals surface area contributed by atoms with Crippen LogP contribution < -0.4 is 5.73 Å². The molecule has 0 amide bonds. The molecule has 78 valence electrons. The molecule has 0 atom stereocenters. The van der Waals surface area contributed by atoms with Crippen molar-refractivity contribution in [2.45, 2.75) is 12.8 Å². The molecular weight excluding hydrogens is 190 g/mol. The Kier molecular flexibility index (Phi) is 2.78. The average molecular weight is 203 g/mol. The van der Waals surface area contributed by atoms with E-state index in [4.69, 9.17) is 5.73 Å². The highest BCUT2D eigenvalue weighted by Gasteiger charge is 2.02. The number of nitrogens with two attached hydrogens (primary N) is 1.